The number of ether oxygens (including phenoxy) is 4. The summed E-state index contributed by atoms with van der Waals surface area (Å²) in [4.78, 5) is 17.1. The Morgan fingerprint density at radius 1 is 0.844 bits per heavy atom. The predicted molar refractivity (Wildman–Crippen MR) is 120 cm³/mol. The van der Waals surface area contributed by atoms with Crippen molar-refractivity contribution in [1.29, 1.82) is 0 Å². The molecule has 1 heterocycles. The number of nitrogens with one attached hydrogen (secondary N) is 1. The molecule has 0 radical (unpaired) electrons. The van der Waals surface area contributed by atoms with Gasteiger partial charge in [0.15, 0.2) is 17.1 Å². The predicted octanol–water partition coefficient (Wildman–Crippen LogP) is 4.78. The maximum atomic E-state index is 12.5. The van der Waals surface area contributed by atoms with Gasteiger partial charge in [0.1, 0.15) is 11.3 Å². The second kappa shape index (κ2) is 8.89. The average molecular weight is 434 g/mol. The lowest BCUT2D eigenvalue weighted by atomic mass is 10.2. The van der Waals surface area contributed by atoms with Gasteiger partial charge in [0.05, 0.1) is 28.4 Å². The summed E-state index contributed by atoms with van der Waals surface area (Å²) in [7, 11) is 6.21. The van der Waals surface area contributed by atoms with Gasteiger partial charge in [-0.05, 0) is 54.6 Å². The van der Waals surface area contributed by atoms with Gasteiger partial charge in [0.2, 0.25) is 11.6 Å². The molecular weight excluding hydrogens is 412 g/mol. The summed E-state index contributed by atoms with van der Waals surface area (Å²) in [5.41, 5.74) is 2.96. The molecule has 0 unspecified atom stereocenters. The van der Waals surface area contributed by atoms with E-state index in [-0.39, 0.29) is 5.91 Å². The van der Waals surface area contributed by atoms with Gasteiger partial charge in [-0.1, -0.05) is 0 Å². The monoisotopic (exact) mass is 434 g/mol. The summed E-state index contributed by atoms with van der Waals surface area (Å²) in [6.07, 6.45) is 0. The van der Waals surface area contributed by atoms with Crippen LogP contribution in [0.25, 0.3) is 22.6 Å². The molecule has 0 atom stereocenters. The van der Waals surface area contributed by atoms with Crippen molar-refractivity contribution in [3.05, 3.63) is 60.2 Å². The van der Waals surface area contributed by atoms with E-state index in [0.717, 1.165) is 0 Å². The Bertz CT molecular complexity index is 1240. The van der Waals surface area contributed by atoms with Crippen LogP contribution >= 0.6 is 0 Å². The van der Waals surface area contributed by atoms with Gasteiger partial charge in [-0.25, -0.2) is 4.98 Å². The van der Waals surface area contributed by atoms with E-state index in [0.29, 0.717) is 56.8 Å². The molecule has 0 aliphatic heterocycles. The maximum absolute atomic E-state index is 12.5. The number of aromatic nitrogens is 1. The number of anilines is 1. The topological polar surface area (TPSA) is 92.1 Å². The summed E-state index contributed by atoms with van der Waals surface area (Å²) in [5.74, 6) is 2.31. The van der Waals surface area contributed by atoms with Gasteiger partial charge in [-0.15, -0.1) is 0 Å². The fraction of sp³-hybridized carbons (Fsp3) is 0.167. The van der Waals surface area contributed by atoms with Gasteiger partial charge in [-0.2, -0.15) is 0 Å². The Kier molecular flexibility index (Phi) is 5.85. The van der Waals surface area contributed by atoms with Crippen LogP contribution in [0.1, 0.15) is 10.4 Å². The molecule has 0 saturated heterocycles. The van der Waals surface area contributed by atoms with Crippen LogP contribution in [-0.2, 0) is 0 Å². The van der Waals surface area contributed by atoms with Crippen molar-refractivity contribution >= 4 is 22.7 Å². The molecule has 1 amide bonds. The third kappa shape index (κ3) is 4.02. The fourth-order valence-corrected chi connectivity index (χ4v) is 3.28. The van der Waals surface area contributed by atoms with Crippen LogP contribution in [0, 0.1) is 0 Å². The molecule has 1 aromatic heterocycles. The Hall–Kier alpha value is -4.20. The van der Waals surface area contributed by atoms with Crippen molar-refractivity contribution in [2.24, 2.45) is 0 Å². The number of rotatable bonds is 7. The van der Waals surface area contributed by atoms with Crippen LogP contribution in [0.4, 0.5) is 5.69 Å². The van der Waals surface area contributed by atoms with Crippen molar-refractivity contribution in [3.8, 4) is 34.5 Å². The van der Waals surface area contributed by atoms with Crippen LogP contribution in [0.2, 0.25) is 0 Å². The molecule has 0 spiro atoms. The lowest BCUT2D eigenvalue weighted by Crippen LogP contribution is -2.11. The first kappa shape index (κ1) is 21.0. The van der Waals surface area contributed by atoms with Crippen LogP contribution in [0.15, 0.2) is 59.0 Å². The lowest BCUT2D eigenvalue weighted by Gasteiger charge is -2.12. The molecule has 0 aliphatic carbocycles. The van der Waals surface area contributed by atoms with Crippen LogP contribution in [0.5, 0.6) is 23.0 Å². The average Bonchev–Trinajstić information content (AvgIpc) is 3.26. The van der Waals surface area contributed by atoms with Gasteiger partial charge >= 0.3 is 0 Å². The van der Waals surface area contributed by atoms with Crippen molar-refractivity contribution in [2.45, 2.75) is 0 Å². The number of benzene rings is 3. The Labute approximate surface area is 184 Å². The van der Waals surface area contributed by atoms with Crippen LogP contribution < -0.4 is 24.3 Å². The van der Waals surface area contributed by atoms with E-state index >= 15 is 0 Å². The number of hydrogen-bond donors (Lipinski definition) is 1. The number of nitrogens with zero attached hydrogens (tertiary/aromatic N) is 1. The maximum Gasteiger partial charge on any atom is 0.255 e. The number of amides is 1. The largest absolute Gasteiger partial charge is 0.497 e. The molecule has 4 rings (SSSR count). The molecule has 3 aromatic carbocycles. The minimum atomic E-state index is -0.236. The molecule has 1 N–H and O–H groups in total. The standard InChI is InChI=1S/C24H22N2O6/c1-28-17-8-5-14(6-9-17)23(27)25-16-7-10-19-18(13-16)26-24(32-19)15-11-20(29-2)22(31-4)21(12-15)30-3/h5-13H,1-4H3,(H,25,27). The molecule has 0 aliphatic rings. The lowest BCUT2D eigenvalue weighted by molar-refractivity contribution is 0.102. The summed E-state index contributed by atoms with van der Waals surface area (Å²) >= 11 is 0. The van der Waals surface area contributed by atoms with E-state index in [4.69, 9.17) is 23.4 Å². The zero-order valence-corrected chi connectivity index (χ0v) is 18.1. The van der Waals surface area contributed by atoms with E-state index in [2.05, 4.69) is 10.3 Å². The number of carbonyl (C=O) groups excluding carboxylic acids is 1. The highest BCUT2D eigenvalue weighted by molar-refractivity contribution is 6.05. The first-order chi connectivity index (χ1) is 15.6. The summed E-state index contributed by atoms with van der Waals surface area (Å²) < 4.78 is 27.2. The summed E-state index contributed by atoms with van der Waals surface area (Å²) in [6, 6.07) is 15.7. The van der Waals surface area contributed by atoms with Crippen molar-refractivity contribution in [1.82, 2.24) is 4.98 Å². The number of methoxy groups -OCH3 is 4. The second-order valence-electron chi connectivity index (χ2n) is 6.80. The van der Waals surface area contributed by atoms with Crippen LogP contribution in [-0.4, -0.2) is 39.3 Å². The highest BCUT2D eigenvalue weighted by atomic mass is 16.5. The van der Waals surface area contributed by atoms with Crippen LogP contribution in [0.3, 0.4) is 0 Å². The molecule has 0 saturated carbocycles. The second-order valence-corrected chi connectivity index (χ2v) is 6.80. The molecule has 164 valence electrons. The number of oxazole rings is 1. The van der Waals surface area contributed by atoms with E-state index in [1.807, 2.05) is 0 Å². The van der Waals surface area contributed by atoms with Gasteiger partial charge in [0, 0.05) is 16.8 Å². The molecule has 8 nitrogen and oxygen atoms in total. The van der Waals surface area contributed by atoms with Crippen molar-refractivity contribution in [2.75, 3.05) is 33.8 Å². The van der Waals surface area contributed by atoms with Gasteiger partial charge in [0.25, 0.3) is 5.91 Å². The van der Waals surface area contributed by atoms with Crippen molar-refractivity contribution in [3.63, 3.8) is 0 Å². The molecule has 0 fully saturated rings. The highest BCUT2D eigenvalue weighted by Crippen LogP contribution is 2.41. The fourth-order valence-electron chi connectivity index (χ4n) is 3.28. The normalized spacial score (nSPS) is 10.6. The van der Waals surface area contributed by atoms with Crippen molar-refractivity contribution < 1.29 is 28.2 Å². The van der Waals surface area contributed by atoms with Gasteiger partial charge < -0.3 is 28.7 Å². The molecule has 8 heteroatoms. The minimum absolute atomic E-state index is 0.236. The third-order valence-electron chi connectivity index (χ3n) is 4.91. The zero-order chi connectivity index (χ0) is 22.7. The summed E-state index contributed by atoms with van der Waals surface area (Å²) in [5, 5.41) is 2.87. The van der Waals surface area contributed by atoms with E-state index in [9.17, 15) is 4.79 Å². The molecule has 0 bridgehead atoms. The number of hydrogen-bond acceptors (Lipinski definition) is 7. The molecule has 32 heavy (non-hydrogen) atoms. The van der Waals surface area contributed by atoms with Gasteiger partial charge in [-0.3, -0.25) is 4.79 Å². The number of fused-ring (bicyclic) bond motifs is 1. The first-order valence-electron chi connectivity index (χ1n) is 9.72. The van der Waals surface area contributed by atoms with E-state index < -0.39 is 0 Å². The molecule has 4 aromatic rings. The minimum Gasteiger partial charge on any atom is -0.497 e. The zero-order valence-electron chi connectivity index (χ0n) is 18.1. The molecular formula is C24H22N2O6. The Balaban J connectivity index is 1.62. The summed E-state index contributed by atoms with van der Waals surface area (Å²) in [6.45, 7) is 0. The third-order valence-corrected chi connectivity index (χ3v) is 4.91. The Morgan fingerprint density at radius 3 is 2.12 bits per heavy atom. The SMILES string of the molecule is COc1ccc(C(=O)Nc2ccc3oc(-c4cc(OC)c(OC)c(OC)c4)nc3c2)cc1. The number of carbonyl (C=O) groups is 1. The quantitative estimate of drug-likeness (QED) is 0.447. The van der Waals surface area contributed by atoms with E-state index in [1.54, 1.807) is 83.0 Å². The Morgan fingerprint density at radius 2 is 1.53 bits per heavy atom. The smallest absolute Gasteiger partial charge is 0.255 e. The van der Waals surface area contributed by atoms with E-state index in [1.165, 1.54) is 0 Å². The first-order valence-corrected chi connectivity index (χ1v) is 9.72. The highest BCUT2D eigenvalue weighted by Gasteiger charge is 2.17.